The Morgan fingerprint density at radius 2 is 2.07 bits per heavy atom. The summed E-state index contributed by atoms with van der Waals surface area (Å²) in [5.41, 5.74) is 0.298. The van der Waals surface area contributed by atoms with E-state index in [0.29, 0.717) is 37.7 Å². The summed E-state index contributed by atoms with van der Waals surface area (Å²) in [5, 5.41) is 10.9. The number of hydrogen-bond donors (Lipinski definition) is 1. The van der Waals surface area contributed by atoms with Gasteiger partial charge in [-0.3, -0.25) is 9.48 Å². The van der Waals surface area contributed by atoms with E-state index in [9.17, 15) is 13.2 Å². The second kappa shape index (κ2) is 8.23. The van der Waals surface area contributed by atoms with E-state index in [-0.39, 0.29) is 17.0 Å². The highest BCUT2D eigenvalue weighted by Gasteiger charge is 2.34. The fourth-order valence-electron chi connectivity index (χ4n) is 3.66. The summed E-state index contributed by atoms with van der Waals surface area (Å²) in [4.78, 5) is 16.1. The van der Waals surface area contributed by atoms with Crippen molar-refractivity contribution in [2.24, 2.45) is 13.0 Å². The van der Waals surface area contributed by atoms with Crippen molar-refractivity contribution >= 4 is 15.9 Å². The molecule has 2 aromatic heterocycles. The minimum Gasteiger partial charge on any atom is -0.350 e. The number of aromatic nitrogens is 5. The van der Waals surface area contributed by atoms with E-state index in [0.717, 1.165) is 19.3 Å². The first kappa shape index (κ1) is 20.0. The normalized spacial score (nSPS) is 20.7. The summed E-state index contributed by atoms with van der Waals surface area (Å²) >= 11 is 0. The summed E-state index contributed by atoms with van der Waals surface area (Å²) in [6, 6.07) is -0.118. The number of carbonyl (C=O) groups excluding carboxylic acids is 1. The van der Waals surface area contributed by atoms with Crippen LogP contribution >= 0.6 is 0 Å². The number of nitrogens with zero attached hydrogens (tertiary/aromatic N) is 6. The maximum absolute atomic E-state index is 13.0. The molecule has 1 aliphatic carbocycles. The molecule has 2 aromatic rings. The van der Waals surface area contributed by atoms with Crippen molar-refractivity contribution in [1.82, 2.24) is 34.2 Å². The van der Waals surface area contributed by atoms with Crippen LogP contribution < -0.4 is 5.32 Å². The molecule has 11 heteroatoms. The lowest BCUT2D eigenvalue weighted by Gasteiger charge is -2.34. The lowest BCUT2D eigenvalue weighted by Crippen LogP contribution is -2.44. The van der Waals surface area contributed by atoms with E-state index in [2.05, 4.69) is 20.6 Å². The predicted octanol–water partition coefficient (Wildman–Crippen LogP) is 0.785. The minimum absolute atomic E-state index is 0.0854. The number of aryl methyl sites for hydroxylation is 2. The molecule has 1 unspecified atom stereocenters. The highest BCUT2D eigenvalue weighted by atomic mass is 32.2. The highest BCUT2D eigenvalue weighted by molar-refractivity contribution is 7.89. The monoisotopic (exact) mass is 421 g/mol. The zero-order valence-corrected chi connectivity index (χ0v) is 17.4. The molecular weight excluding hydrogens is 394 g/mol. The van der Waals surface area contributed by atoms with Crippen LogP contribution in [0.2, 0.25) is 0 Å². The molecule has 1 saturated carbocycles. The second-order valence-electron chi connectivity index (χ2n) is 7.95. The van der Waals surface area contributed by atoms with Crippen LogP contribution in [0.4, 0.5) is 0 Å². The molecule has 10 nitrogen and oxygen atoms in total. The number of carbonyl (C=O) groups is 1. The summed E-state index contributed by atoms with van der Waals surface area (Å²) in [5.74, 6) is 0.396. The van der Waals surface area contributed by atoms with Gasteiger partial charge < -0.3 is 9.88 Å². The quantitative estimate of drug-likeness (QED) is 0.674. The van der Waals surface area contributed by atoms with Crippen molar-refractivity contribution in [3.63, 3.8) is 0 Å². The maximum atomic E-state index is 13.0. The molecule has 0 radical (unpaired) electrons. The standard InChI is InChI=1S/C18H27N7O3S/c1-23-12-17(20-13-23)29(27,28)25-8-3-2-4-15(25)7-9-24-11-16(21-22-24)18(26)19-10-14-5-6-14/h11-15H,2-10H2,1H3,(H,19,26). The van der Waals surface area contributed by atoms with Crippen molar-refractivity contribution < 1.29 is 13.2 Å². The summed E-state index contributed by atoms with van der Waals surface area (Å²) < 4.78 is 30.8. The van der Waals surface area contributed by atoms with E-state index in [1.165, 1.54) is 25.4 Å². The highest BCUT2D eigenvalue weighted by Crippen LogP contribution is 2.28. The Bertz CT molecular complexity index is 964. The van der Waals surface area contributed by atoms with Gasteiger partial charge in [-0.1, -0.05) is 11.6 Å². The Hall–Kier alpha value is -2.27. The molecule has 29 heavy (non-hydrogen) atoms. The van der Waals surface area contributed by atoms with Gasteiger partial charge in [-0.25, -0.2) is 13.4 Å². The van der Waals surface area contributed by atoms with Crippen molar-refractivity contribution in [1.29, 1.82) is 0 Å². The number of sulfonamides is 1. The van der Waals surface area contributed by atoms with Crippen LogP contribution in [-0.4, -0.2) is 62.3 Å². The van der Waals surface area contributed by atoms with Gasteiger partial charge in [0.2, 0.25) is 0 Å². The van der Waals surface area contributed by atoms with Crippen molar-refractivity contribution in [3.8, 4) is 0 Å². The average molecular weight is 422 g/mol. The van der Waals surface area contributed by atoms with Crippen LogP contribution in [0.3, 0.4) is 0 Å². The van der Waals surface area contributed by atoms with E-state index in [1.54, 1.807) is 26.8 Å². The molecule has 1 atom stereocenters. The molecule has 0 bridgehead atoms. The van der Waals surface area contributed by atoms with Crippen LogP contribution in [0, 0.1) is 5.92 Å². The molecular formula is C18H27N7O3S. The van der Waals surface area contributed by atoms with Crippen LogP contribution in [-0.2, 0) is 23.6 Å². The molecule has 4 rings (SSSR count). The van der Waals surface area contributed by atoms with Gasteiger partial charge in [-0.05, 0) is 38.0 Å². The van der Waals surface area contributed by atoms with Crippen LogP contribution in [0.5, 0.6) is 0 Å². The fourth-order valence-corrected chi connectivity index (χ4v) is 5.36. The second-order valence-corrected chi connectivity index (χ2v) is 9.79. The predicted molar refractivity (Wildman–Crippen MR) is 104 cm³/mol. The van der Waals surface area contributed by atoms with Gasteiger partial charge in [0.1, 0.15) is 0 Å². The van der Waals surface area contributed by atoms with E-state index in [1.807, 2.05) is 0 Å². The Labute approximate surface area is 170 Å². The van der Waals surface area contributed by atoms with Gasteiger partial charge >= 0.3 is 0 Å². The molecule has 3 heterocycles. The zero-order valence-electron chi connectivity index (χ0n) is 16.6. The molecule has 1 N–H and O–H groups in total. The molecule has 1 saturated heterocycles. The lowest BCUT2D eigenvalue weighted by molar-refractivity contribution is 0.0946. The van der Waals surface area contributed by atoms with Gasteiger partial charge in [-0.15, -0.1) is 5.10 Å². The van der Waals surface area contributed by atoms with Crippen molar-refractivity contribution in [2.45, 2.75) is 56.1 Å². The molecule has 1 aliphatic heterocycles. The Morgan fingerprint density at radius 1 is 1.24 bits per heavy atom. The number of hydrogen-bond acceptors (Lipinski definition) is 6. The van der Waals surface area contributed by atoms with Gasteiger partial charge in [0, 0.05) is 38.9 Å². The first-order valence-electron chi connectivity index (χ1n) is 10.1. The number of rotatable bonds is 8. The maximum Gasteiger partial charge on any atom is 0.273 e. The van der Waals surface area contributed by atoms with Crippen LogP contribution in [0.1, 0.15) is 49.0 Å². The third-order valence-electron chi connectivity index (χ3n) is 5.54. The molecule has 158 valence electrons. The zero-order chi connectivity index (χ0) is 20.4. The number of nitrogens with one attached hydrogen (secondary N) is 1. The van der Waals surface area contributed by atoms with E-state index >= 15 is 0 Å². The smallest absolute Gasteiger partial charge is 0.273 e. The Balaban J connectivity index is 1.38. The molecule has 0 aromatic carbocycles. The average Bonchev–Trinajstić information content (AvgIpc) is 3.23. The molecule has 1 amide bonds. The van der Waals surface area contributed by atoms with Gasteiger partial charge in [0.25, 0.3) is 15.9 Å². The molecule has 0 spiro atoms. The largest absolute Gasteiger partial charge is 0.350 e. The van der Waals surface area contributed by atoms with E-state index in [4.69, 9.17) is 0 Å². The van der Waals surface area contributed by atoms with Crippen molar-refractivity contribution in [2.75, 3.05) is 13.1 Å². The molecule has 2 fully saturated rings. The Kier molecular flexibility index (Phi) is 5.68. The summed E-state index contributed by atoms with van der Waals surface area (Å²) in [6.45, 7) is 1.69. The SMILES string of the molecule is Cn1cnc(S(=O)(=O)N2CCCCC2CCn2cc(C(=O)NCC3CC3)nn2)c1. The summed E-state index contributed by atoms with van der Waals surface area (Å²) in [6.07, 6.45) is 10.2. The Morgan fingerprint density at radius 3 is 2.79 bits per heavy atom. The third-order valence-corrected chi connectivity index (χ3v) is 7.38. The number of amides is 1. The fraction of sp³-hybridized carbons (Fsp3) is 0.667. The first-order chi connectivity index (χ1) is 13.9. The number of piperidine rings is 1. The number of imidazole rings is 1. The third kappa shape index (κ3) is 4.67. The van der Waals surface area contributed by atoms with Crippen molar-refractivity contribution in [3.05, 3.63) is 24.4 Å². The van der Waals surface area contributed by atoms with Gasteiger partial charge in [0.05, 0.1) is 12.5 Å². The van der Waals surface area contributed by atoms with Crippen LogP contribution in [0.25, 0.3) is 0 Å². The topological polar surface area (TPSA) is 115 Å². The first-order valence-corrected chi connectivity index (χ1v) is 11.6. The van der Waals surface area contributed by atoms with E-state index < -0.39 is 10.0 Å². The van der Waals surface area contributed by atoms with Crippen LogP contribution in [0.15, 0.2) is 23.7 Å². The lowest BCUT2D eigenvalue weighted by atomic mass is 10.0. The minimum atomic E-state index is -3.62. The summed E-state index contributed by atoms with van der Waals surface area (Å²) in [7, 11) is -1.87. The van der Waals surface area contributed by atoms with Gasteiger partial charge in [0.15, 0.2) is 10.7 Å². The molecule has 2 aliphatic rings. The van der Waals surface area contributed by atoms with Gasteiger partial charge in [-0.2, -0.15) is 4.31 Å².